The van der Waals surface area contributed by atoms with Crippen LogP contribution in [0.15, 0.2) is 42.5 Å². The summed E-state index contributed by atoms with van der Waals surface area (Å²) in [5, 5.41) is 8.11. The molecule has 2 aromatic rings. The fourth-order valence-corrected chi connectivity index (χ4v) is 4.87. The molecular formula is C21H23Cl3N4O. The fourth-order valence-electron chi connectivity index (χ4n) is 4.25. The minimum Gasteiger partial charge on any atom is -0.368 e. The number of halogens is 3. The third-order valence-corrected chi connectivity index (χ3v) is 6.39. The number of amides is 1. The predicted octanol–water partition coefficient (Wildman–Crippen LogP) is 5.07. The van der Waals surface area contributed by atoms with E-state index in [0.717, 1.165) is 37.2 Å². The van der Waals surface area contributed by atoms with Crippen LogP contribution in [0.5, 0.6) is 0 Å². The molecule has 2 aromatic carbocycles. The quantitative estimate of drug-likeness (QED) is 0.702. The molecule has 0 spiro atoms. The van der Waals surface area contributed by atoms with Gasteiger partial charge in [0, 0.05) is 29.6 Å². The van der Waals surface area contributed by atoms with E-state index in [1.165, 1.54) is 6.42 Å². The number of primary amides is 1. The average Bonchev–Trinajstić information content (AvgIpc) is 3.10. The Labute approximate surface area is 185 Å². The minimum atomic E-state index is -0.458. The van der Waals surface area contributed by atoms with Crippen LogP contribution in [0.4, 0.5) is 5.69 Å². The Kier molecular flexibility index (Phi) is 6.23. The molecule has 8 heteroatoms. The van der Waals surface area contributed by atoms with Crippen LogP contribution in [-0.4, -0.2) is 35.2 Å². The van der Waals surface area contributed by atoms with Gasteiger partial charge in [-0.1, -0.05) is 53.4 Å². The van der Waals surface area contributed by atoms with E-state index in [9.17, 15) is 4.79 Å². The second-order valence-electron chi connectivity index (χ2n) is 7.50. The lowest BCUT2D eigenvalue weighted by Gasteiger charge is -2.44. The highest BCUT2D eigenvalue weighted by molar-refractivity contribution is 6.36. The molecule has 0 aliphatic carbocycles. The van der Waals surface area contributed by atoms with E-state index in [0.29, 0.717) is 21.5 Å². The molecule has 2 unspecified atom stereocenters. The first-order valence-corrected chi connectivity index (χ1v) is 10.9. The van der Waals surface area contributed by atoms with Gasteiger partial charge in [-0.3, -0.25) is 9.80 Å². The van der Waals surface area contributed by atoms with Gasteiger partial charge in [-0.25, -0.2) is 5.01 Å². The minimum absolute atomic E-state index is 0.106. The summed E-state index contributed by atoms with van der Waals surface area (Å²) in [5.74, 6) is -0.345. The van der Waals surface area contributed by atoms with Gasteiger partial charge in [-0.05, 0) is 48.7 Å². The van der Waals surface area contributed by atoms with Gasteiger partial charge in [-0.2, -0.15) is 0 Å². The van der Waals surface area contributed by atoms with Gasteiger partial charge in [0.25, 0.3) is 0 Å². The molecule has 5 nitrogen and oxygen atoms in total. The van der Waals surface area contributed by atoms with Crippen molar-refractivity contribution in [1.29, 1.82) is 0 Å². The standard InChI is InChI=1S/C21H23Cl3N4O/c22-15-6-4-14(5-7-15)19-13-20(21(25)29)28(26-10-2-1-3-11-26)27(19)18-9-8-16(23)12-17(18)24/h4-9,12,19-20H,1-3,10-11,13H2,(H2,25,29). The third kappa shape index (κ3) is 4.21. The van der Waals surface area contributed by atoms with Crippen molar-refractivity contribution in [2.45, 2.75) is 37.8 Å². The zero-order valence-electron chi connectivity index (χ0n) is 15.9. The highest BCUT2D eigenvalue weighted by Crippen LogP contribution is 2.44. The normalized spacial score (nSPS) is 23.5. The maximum atomic E-state index is 12.5. The van der Waals surface area contributed by atoms with Crippen molar-refractivity contribution < 1.29 is 4.79 Å². The summed E-state index contributed by atoms with van der Waals surface area (Å²) in [6.07, 6.45) is 3.91. The highest BCUT2D eigenvalue weighted by atomic mass is 35.5. The summed E-state index contributed by atoms with van der Waals surface area (Å²) >= 11 is 18.9. The first-order valence-electron chi connectivity index (χ1n) is 9.79. The second-order valence-corrected chi connectivity index (χ2v) is 8.78. The van der Waals surface area contributed by atoms with Crippen molar-refractivity contribution in [3.05, 3.63) is 63.1 Å². The smallest absolute Gasteiger partial charge is 0.238 e. The molecule has 2 saturated heterocycles. The molecule has 4 rings (SSSR count). The van der Waals surface area contributed by atoms with Crippen molar-refractivity contribution in [2.75, 3.05) is 18.1 Å². The van der Waals surface area contributed by atoms with Gasteiger partial charge in [0.15, 0.2) is 0 Å². The van der Waals surface area contributed by atoms with Crippen molar-refractivity contribution in [3.8, 4) is 0 Å². The van der Waals surface area contributed by atoms with Crippen molar-refractivity contribution in [1.82, 2.24) is 10.1 Å². The molecule has 2 aliphatic rings. The Morgan fingerprint density at radius 3 is 2.21 bits per heavy atom. The van der Waals surface area contributed by atoms with E-state index >= 15 is 0 Å². The largest absolute Gasteiger partial charge is 0.368 e. The number of nitrogens with two attached hydrogens (primary N) is 1. The molecular weight excluding hydrogens is 431 g/mol. The van der Waals surface area contributed by atoms with Gasteiger partial charge < -0.3 is 5.73 Å². The molecule has 1 amide bonds. The first kappa shape index (κ1) is 20.8. The maximum absolute atomic E-state index is 12.5. The number of carbonyl (C=O) groups excluding carboxylic acids is 1. The third-order valence-electron chi connectivity index (χ3n) is 5.60. The Morgan fingerprint density at radius 2 is 1.59 bits per heavy atom. The molecule has 29 heavy (non-hydrogen) atoms. The molecule has 2 N–H and O–H groups in total. The summed E-state index contributed by atoms with van der Waals surface area (Å²) in [7, 11) is 0. The van der Waals surface area contributed by atoms with Crippen LogP contribution < -0.4 is 10.7 Å². The second kappa shape index (κ2) is 8.70. The zero-order valence-corrected chi connectivity index (χ0v) is 18.2. The molecule has 2 fully saturated rings. The van der Waals surface area contributed by atoms with Gasteiger partial charge >= 0.3 is 0 Å². The van der Waals surface area contributed by atoms with Crippen LogP contribution in [0, 0.1) is 0 Å². The first-order chi connectivity index (χ1) is 14.0. The van der Waals surface area contributed by atoms with Crippen LogP contribution in [0.1, 0.15) is 37.3 Å². The van der Waals surface area contributed by atoms with E-state index in [2.05, 4.69) is 10.0 Å². The lowest BCUT2D eigenvalue weighted by molar-refractivity contribution is -0.132. The summed E-state index contributed by atoms with van der Waals surface area (Å²) < 4.78 is 0. The Morgan fingerprint density at radius 1 is 0.931 bits per heavy atom. The average molecular weight is 454 g/mol. The van der Waals surface area contributed by atoms with Crippen LogP contribution >= 0.6 is 34.8 Å². The van der Waals surface area contributed by atoms with E-state index < -0.39 is 6.04 Å². The number of hydrogen-bond acceptors (Lipinski definition) is 4. The summed E-state index contributed by atoms with van der Waals surface area (Å²) in [6, 6.07) is 12.6. The summed E-state index contributed by atoms with van der Waals surface area (Å²) in [6.45, 7) is 1.75. The zero-order chi connectivity index (χ0) is 20.5. The maximum Gasteiger partial charge on any atom is 0.238 e. The van der Waals surface area contributed by atoms with Crippen LogP contribution in [0.25, 0.3) is 0 Å². The van der Waals surface area contributed by atoms with Gasteiger partial charge in [0.1, 0.15) is 6.04 Å². The number of hydrogen-bond donors (Lipinski definition) is 1. The SMILES string of the molecule is NC(=O)C1CC(c2ccc(Cl)cc2)N(c2ccc(Cl)cc2Cl)N1N1CCCCC1. The highest BCUT2D eigenvalue weighted by Gasteiger charge is 2.46. The molecule has 0 radical (unpaired) electrons. The topological polar surface area (TPSA) is 52.8 Å². The number of anilines is 1. The number of hydrazine groups is 2. The van der Waals surface area contributed by atoms with Crippen LogP contribution in [0.2, 0.25) is 15.1 Å². The molecule has 0 saturated carbocycles. The summed E-state index contributed by atoms with van der Waals surface area (Å²) in [5.41, 5.74) is 7.70. The van der Waals surface area contributed by atoms with Crippen molar-refractivity contribution >= 4 is 46.4 Å². The van der Waals surface area contributed by atoms with Crippen molar-refractivity contribution in [2.24, 2.45) is 5.73 Å². The number of nitrogens with zero attached hydrogens (tertiary/aromatic N) is 3. The van der Waals surface area contributed by atoms with Crippen molar-refractivity contribution in [3.63, 3.8) is 0 Å². The summed E-state index contributed by atoms with van der Waals surface area (Å²) in [4.78, 5) is 12.5. The number of benzene rings is 2. The van der Waals surface area contributed by atoms with E-state index in [1.54, 1.807) is 6.07 Å². The predicted molar refractivity (Wildman–Crippen MR) is 118 cm³/mol. The molecule has 0 aromatic heterocycles. The molecule has 2 heterocycles. The van der Waals surface area contributed by atoms with Gasteiger partial charge in [0.05, 0.1) is 16.8 Å². The molecule has 154 valence electrons. The number of carbonyl (C=O) groups is 1. The van der Waals surface area contributed by atoms with Gasteiger partial charge in [-0.15, -0.1) is 5.12 Å². The van der Waals surface area contributed by atoms with E-state index in [-0.39, 0.29) is 11.9 Å². The molecule has 2 aliphatic heterocycles. The van der Waals surface area contributed by atoms with Crippen LogP contribution in [0.3, 0.4) is 0 Å². The number of rotatable bonds is 4. The Hall–Kier alpha value is -1.50. The van der Waals surface area contributed by atoms with E-state index in [4.69, 9.17) is 40.5 Å². The van der Waals surface area contributed by atoms with E-state index in [1.807, 2.05) is 41.5 Å². The lowest BCUT2D eigenvalue weighted by Crippen LogP contribution is -2.58. The molecule has 0 bridgehead atoms. The van der Waals surface area contributed by atoms with Gasteiger partial charge in [0.2, 0.25) is 5.91 Å². The monoisotopic (exact) mass is 452 g/mol. The fraction of sp³-hybridized carbons (Fsp3) is 0.381. The van der Waals surface area contributed by atoms with Crippen LogP contribution in [-0.2, 0) is 4.79 Å². The Bertz CT molecular complexity index is 886. The lowest BCUT2D eigenvalue weighted by atomic mass is 10.0. The Balaban J connectivity index is 1.82. The molecule has 2 atom stereocenters. The number of piperidine rings is 1.